The fraction of sp³-hybridized carbons (Fsp3) is 0.176. The molecule has 7 heteroatoms. The fourth-order valence-corrected chi connectivity index (χ4v) is 5.10. The third-order valence-electron chi connectivity index (χ3n) is 7.07. The van der Waals surface area contributed by atoms with E-state index in [0.717, 1.165) is 28.7 Å². The Morgan fingerprint density at radius 1 is 0.902 bits per heavy atom. The summed E-state index contributed by atoms with van der Waals surface area (Å²) in [6.45, 7) is 2.54. The standard InChI is InChI=1S/C34H31ClN2O4/c1-23-29(30-21-28(40-2)16-17-31(30)37(23)34(39)25-12-14-27(35)15-13-25)22-33(38)36-18-19-41-32-11-7-6-10-26(32)20-24-8-4-3-5-9-24/h3-17,21H,18-20,22H2,1-2H3,(H,36,38). The van der Waals surface area contributed by atoms with Crippen LogP contribution in [0.15, 0.2) is 97.1 Å². The van der Waals surface area contributed by atoms with Crippen LogP contribution in [0.5, 0.6) is 11.5 Å². The van der Waals surface area contributed by atoms with E-state index < -0.39 is 0 Å². The minimum Gasteiger partial charge on any atom is -0.497 e. The van der Waals surface area contributed by atoms with Gasteiger partial charge in [0.1, 0.15) is 18.1 Å². The Labute approximate surface area is 244 Å². The molecule has 0 unspecified atom stereocenters. The van der Waals surface area contributed by atoms with Gasteiger partial charge in [-0.15, -0.1) is 0 Å². The topological polar surface area (TPSA) is 69.6 Å². The first-order valence-electron chi connectivity index (χ1n) is 13.4. The monoisotopic (exact) mass is 566 g/mol. The number of amides is 1. The normalized spacial score (nSPS) is 10.9. The van der Waals surface area contributed by atoms with E-state index in [0.29, 0.717) is 40.7 Å². The van der Waals surface area contributed by atoms with Gasteiger partial charge in [-0.2, -0.15) is 0 Å². The molecule has 0 radical (unpaired) electrons. The number of nitrogens with zero attached hydrogens (tertiary/aromatic N) is 1. The highest BCUT2D eigenvalue weighted by Crippen LogP contribution is 2.31. The highest BCUT2D eigenvalue weighted by atomic mass is 35.5. The van der Waals surface area contributed by atoms with Gasteiger partial charge in [0.25, 0.3) is 5.91 Å². The smallest absolute Gasteiger partial charge is 0.262 e. The Morgan fingerprint density at radius 2 is 1.63 bits per heavy atom. The second-order valence-corrected chi connectivity index (χ2v) is 10.2. The van der Waals surface area contributed by atoms with Crippen LogP contribution in [-0.4, -0.2) is 36.6 Å². The van der Waals surface area contributed by atoms with Gasteiger partial charge in [0, 0.05) is 28.1 Å². The van der Waals surface area contributed by atoms with E-state index in [2.05, 4.69) is 23.5 Å². The van der Waals surface area contributed by atoms with Crippen LogP contribution in [0.2, 0.25) is 5.02 Å². The molecule has 0 fully saturated rings. The number of para-hydroxylation sites is 1. The van der Waals surface area contributed by atoms with Crippen molar-refractivity contribution >= 4 is 34.3 Å². The van der Waals surface area contributed by atoms with Crippen LogP contribution in [0.4, 0.5) is 0 Å². The molecule has 0 spiro atoms. The Hall–Kier alpha value is -4.55. The van der Waals surface area contributed by atoms with Crippen molar-refractivity contribution < 1.29 is 19.1 Å². The van der Waals surface area contributed by atoms with E-state index >= 15 is 0 Å². The molecule has 0 bridgehead atoms. The number of carbonyl (C=O) groups is 2. The highest BCUT2D eigenvalue weighted by Gasteiger charge is 2.22. The maximum atomic E-state index is 13.5. The SMILES string of the molecule is COc1ccc2c(c1)c(CC(=O)NCCOc1ccccc1Cc1ccccc1)c(C)n2C(=O)c1ccc(Cl)cc1. The number of benzene rings is 4. The summed E-state index contributed by atoms with van der Waals surface area (Å²) >= 11 is 6.03. The zero-order chi connectivity index (χ0) is 28.8. The van der Waals surface area contributed by atoms with Crippen molar-refractivity contribution in [2.24, 2.45) is 0 Å². The summed E-state index contributed by atoms with van der Waals surface area (Å²) in [4.78, 5) is 26.6. The number of nitrogens with one attached hydrogen (secondary N) is 1. The molecule has 41 heavy (non-hydrogen) atoms. The third-order valence-corrected chi connectivity index (χ3v) is 7.32. The number of carbonyl (C=O) groups excluding carboxylic acids is 2. The van der Waals surface area contributed by atoms with Gasteiger partial charge in [0.2, 0.25) is 5.91 Å². The van der Waals surface area contributed by atoms with Gasteiger partial charge in [-0.1, -0.05) is 60.1 Å². The first-order valence-corrected chi connectivity index (χ1v) is 13.8. The molecule has 0 aliphatic rings. The van der Waals surface area contributed by atoms with E-state index in [9.17, 15) is 9.59 Å². The van der Waals surface area contributed by atoms with Crippen molar-refractivity contribution in [1.82, 2.24) is 9.88 Å². The number of methoxy groups -OCH3 is 1. The minimum atomic E-state index is -0.191. The number of ether oxygens (including phenoxy) is 2. The Balaban J connectivity index is 1.28. The number of rotatable bonds is 10. The molecule has 0 atom stereocenters. The highest BCUT2D eigenvalue weighted by molar-refractivity contribution is 6.30. The summed E-state index contributed by atoms with van der Waals surface area (Å²) in [5.74, 6) is 1.11. The Bertz CT molecular complexity index is 1680. The van der Waals surface area contributed by atoms with Crippen molar-refractivity contribution in [3.63, 3.8) is 0 Å². The average molecular weight is 567 g/mol. The van der Waals surface area contributed by atoms with Crippen molar-refractivity contribution in [3.8, 4) is 11.5 Å². The zero-order valence-corrected chi connectivity index (χ0v) is 23.8. The first kappa shape index (κ1) is 28.0. The molecule has 1 N–H and O–H groups in total. The van der Waals surface area contributed by atoms with E-state index in [-0.39, 0.29) is 18.2 Å². The van der Waals surface area contributed by atoms with Crippen LogP contribution in [-0.2, 0) is 17.6 Å². The average Bonchev–Trinajstić information content (AvgIpc) is 3.26. The van der Waals surface area contributed by atoms with Gasteiger partial charge in [-0.05, 0) is 72.1 Å². The van der Waals surface area contributed by atoms with Gasteiger partial charge < -0.3 is 14.8 Å². The zero-order valence-electron chi connectivity index (χ0n) is 23.0. The van der Waals surface area contributed by atoms with E-state index in [4.69, 9.17) is 21.1 Å². The number of halogens is 1. The molecular formula is C34H31ClN2O4. The van der Waals surface area contributed by atoms with Crippen LogP contribution in [0.3, 0.4) is 0 Å². The lowest BCUT2D eigenvalue weighted by molar-refractivity contribution is -0.120. The van der Waals surface area contributed by atoms with Crippen molar-refractivity contribution in [3.05, 3.63) is 130 Å². The lowest BCUT2D eigenvalue weighted by Gasteiger charge is -2.12. The van der Waals surface area contributed by atoms with Crippen LogP contribution >= 0.6 is 11.6 Å². The molecule has 4 aromatic carbocycles. The molecule has 1 amide bonds. The van der Waals surface area contributed by atoms with E-state index in [1.165, 1.54) is 5.56 Å². The van der Waals surface area contributed by atoms with Gasteiger partial charge in [0.15, 0.2) is 0 Å². The lowest BCUT2D eigenvalue weighted by atomic mass is 10.0. The van der Waals surface area contributed by atoms with Gasteiger partial charge in [-0.25, -0.2) is 0 Å². The largest absolute Gasteiger partial charge is 0.497 e. The first-order chi connectivity index (χ1) is 19.9. The second kappa shape index (κ2) is 12.7. The van der Waals surface area contributed by atoms with Crippen LogP contribution in [0.1, 0.15) is 32.7 Å². The summed E-state index contributed by atoms with van der Waals surface area (Å²) in [7, 11) is 1.59. The molecule has 0 aliphatic heterocycles. The Morgan fingerprint density at radius 3 is 2.39 bits per heavy atom. The fourth-order valence-electron chi connectivity index (χ4n) is 4.98. The van der Waals surface area contributed by atoms with Gasteiger partial charge >= 0.3 is 0 Å². The number of hydrogen-bond donors (Lipinski definition) is 1. The van der Waals surface area contributed by atoms with Crippen molar-refractivity contribution in [1.29, 1.82) is 0 Å². The molecule has 5 rings (SSSR count). The summed E-state index contributed by atoms with van der Waals surface area (Å²) in [6, 6.07) is 30.5. The predicted molar refractivity (Wildman–Crippen MR) is 162 cm³/mol. The van der Waals surface area contributed by atoms with Gasteiger partial charge in [-0.3, -0.25) is 14.2 Å². The van der Waals surface area contributed by atoms with Crippen molar-refractivity contribution in [2.75, 3.05) is 20.3 Å². The maximum absolute atomic E-state index is 13.5. The van der Waals surface area contributed by atoms with Crippen LogP contribution in [0, 0.1) is 6.92 Å². The summed E-state index contributed by atoms with van der Waals surface area (Å²) in [6.07, 6.45) is 0.881. The number of fused-ring (bicyclic) bond motifs is 1. The molecule has 6 nitrogen and oxygen atoms in total. The number of hydrogen-bond acceptors (Lipinski definition) is 4. The summed E-state index contributed by atoms with van der Waals surface area (Å²) in [5, 5.41) is 4.32. The van der Waals surface area contributed by atoms with E-state index in [1.54, 1.807) is 35.9 Å². The quantitative estimate of drug-likeness (QED) is 0.193. The predicted octanol–water partition coefficient (Wildman–Crippen LogP) is 6.63. The molecule has 0 saturated heterocycles. The summed E-state index contributed by atoms with van der Waals surface area (Å²) in [5.41, 5.74) is 4.99. The van der Waals surface area contributed by atoms with Crippen molar-refractivity contribution in [2.45, 2.75) is 19.8 Å². The maximum Gasteiger partial charge on any atom is 0.262 e. The third kappa shape index (κ3) is 6.44. The van der Waals surface area contributed by atoms with Crippen LogP contribution in [0.25, 0.3) is 10.9 Å². The van der Waals surface area contributed by atoms with Crippen LogP contribution < -0.4 is 14.8 Å². The molecule has 5 aromatic rings. The lowest BCUT2D eigenvalue weighted by Crippen LogP contribution is -2.29. The number of aromatic nitrogens is 1. The second-order valence-electron chi connectivity index (χ2n) is 9.74. The molecule has 1 heterocycles. The molecular weight excluding hydrogens is 536 g/mol. The molecule has 208 valence electrons. The minimum absolute atomic E-state index is 0.112. The molecule has 0 aliphatic carbocycles. The summed E-state index contributed by atoms with van der Waals surface area (Å²) < 4.78 is 13.1. The Kier molecular flexibility index (Phi) is 8.70. The molecule has 1 aromatic heterocycles. The molecule has 0 saturated carbocycles. The van der Waals surface area contributed by atoms with Gasteiger partial charge in [0.05, 0.1) is 25.6 Å². The van der Waals surface area contributed by atoms with E-state index in [1.807, 2.05) is 61.5 Å².